The fourth-order valence-electron chi connectivity index (χ4n) is 18.1. The van der Waals surface area contributed by atoms with E-state index in [0.29, 0.717) is 25.7 Å². The van der Waals surface area contributed by atoms with E-state index < -0.39 is 297 Å². The lowest BCUT2D eigenvalue weighted by molar-refractivity contribution is -0.437. The number of aromatic nitrogens is 10. The van der Waals surface area contributed by atoms with Crippen LogP contribution in [0.2, 0.25) is 0 Å². The number of aliphatic hydroxyl groups is 9. The largest absolute Gasteiger partial charge is 0.479 e. The molecule has 12 rings (SSSR count). The summed E-state index contributed by atoms with van der Waals surface area (Å²) in [7, 11) is 0. The molecule has 136 heavy (non-hydrogen) atoms. The fourth-order valence-corrected chi connectivity index (χ4v) is 18.1. The zero-order valence-electron chi connectivity index (χ0n) is 74.1. The van der Waals surface area contributed by atoms with Gasteiger partial charge in [-0.25, -0.2) is 38.7 Å². The highest BCUT2D eigenvalue weighted by Crippen LogP contribution is 2.42. The number of hydrogen-bond acceptors (Lipinski definition) is 43. The molecular formula is C81H120N16O39. The van der Waals surface area contributed by atoms with Crippen molar-refractivity contribution in [1.82, 2.24) is 71.2 Å². The summed E-state index contributed by atoms with van der Waals surface area (Å²) in [5.41, 5.74) is 6.44. The van der Waals surface area contributed by atoms with E-state index in [4.69, 9.17) is 77.8 Å². The van der Waals surface area contributed by atoms with Gasteiger partial charge in [-0.2, -0.15) is 0 Å². The quantitative estimate of drug-likeness (QED) is 0.00847. The van der Waals surface area contributed by atoms with Crippen LogP contribution < -0.4 is 55.2 Å². The molecule has 0 spiro atoms. The molecular weight excluding hydrogens is 1820 g/mol. The number of rotatable bonds is 43. The van der Waals surface area contributed by atoms with Crippen LogP contribution in [0, 0.1) is 23.7 Å². The van der Waals surface area contributed by atoms with Crippen LogP contribution in [0.15, 0.2) is 43.7 Å². The maximum atomic E-state index is 14.5. The van der Waals surface area contributed by atoms with Gasteiger partial charge in [0.15, 0.2) is 43.3 Å². The van der Waals surface area contributed by atoms with Crippen LogP contribution in [0.5, 0.6) is 0 Å². The van der Waals surface area contributed by atoms with E-state index >= 15 is 0 Å². The van der Waals surface area contributed by atoms with Gasteiger partial charge < -0.3 is 165 Å². The van der Waals surface area contributed by atoms with Gasteiger partial charge >= 0.3 is 35.3 Å². The second-order valence-electron chi connectivity index (χ2n) is 34.9. The number of carbonyl (C=O) groups is 8. The number of esters is 2. The molecule has 758 valence electrons. The maximum Gasteiger partial charge on any atom is 0.332 e. The van der Waals surface area contributed by atoms with E-state index in [1.807, 2.05) is 9.97 Å². The molecule has 4 aliphatic heterocycles. The number of nitrogens with zero attached hydrogens (tertiary/aromatic N) is 6. The normalized spacial score (nSPS) is 32.9. The number of carboxylic acids is 2. The number of carboxylic acid groups (broad SMARTS) is 2. The molecule has 4 saturated heterocycles. The monoisotopic (exact) mass is 1940 g/mol. The second-order valence-corrected chi connectivity index (χ2v) is 34.9. The summed E-state index contributed by atoms with van der Waals surface area (Å²) in [6.07, 6.45) is -40.0. The third-order valence-electron chi connectivity index (χ3n) is 25.0. The lowest BCUT2D eigenvalue weighted by Gasteiger charge is -2.48. The average Bonchev–Trinajstić information content (AvgIpc) is 0.819. The predicted octanol–water partition coefficient (Wildman–Crippen LogP) is -8.83. The molecule has 0 unspecified atom stereocenters. The van der Waals surface area contributed by atoms with Crippen LogP contribution in [-0.2, 0) is 126 Å². The molecule has 8 aliphatic rings. The molecule has 0 bridgehead atoms. The molecule has 8 heterocycles. The van der Waals surface area contributed by atoms with E-state index in [2.05, 4.69) is 56.7 Å². The molecule has 30 atom stereocenters. The molecule has 4 aromatic rings. The third-order valence-corrected chi connectivity index (χ3v) is 25.0. The summed E-state index contributed by atoms with van der Waals surface area (Å²) < 4.78 is 88.1. The Morgan fingerprint density at radius 2 is 0.904 bits per heavy atom. The number of carbonyl (C=O) groups excluding carboxylic acids is 6. The van der Waals surface area contributed by atoms with E-state index in [9.17, 15) is 119 Å². The molecule has 55 heteroatoms. The molecule has 24 N–H and O–H groups in total. The smallest absolute Gasteiger partial charge is 0.332 e. The summed E-state index contributed by atoms with van der Waals surface area (Å²) in [5.74, 6) is -11.8. The zero-order chi connectivity index (χ0) is 97.9. The topological polar surface area (TPSA) is 811 Å². The first-order valence-corrected chi connectivity index (χ1v) is 45.0. The maximum absolute atomic E-state index is 14.5. The minimum absolute atomic E-state index is 0.0355. The van der Waals surface area contributed by atoms with Crippen molar-refractivity contribution in [2.45, 2.75) is 315 Å². The summed E-state index contributed by atoms with van der Waals surface area (Å²) in [6.45, 7) is -0.964. The van der Waals surface area contributed by atoms with Gasteiger partial charge in [-0.1, -0.05) is 74.6 Å². The van der Waals surface area contributed by atoms with Gasteiger partial charge in [-0.3, -0.25) is 48.3 Å². The van der Waals surface area contributed by atoms with E-state index in [-0.39, 0.29) is 102 Å². The number of aliphatic carboxylic acids is 2. The number of amides is 4. The number of ether oxygens (including phenoxy) is 14. The van der Waals surface area contributed by atoms with Gasteiger partial charge in [0.2, 0.25) is 24.4 Å². The molecule has 4 amide bonds. The van der Waals surface area contributed by atoms with Crippen molar-refractivity contribution in [3.05, 3.63) is 89.0 Å². The van der Waals surface area contributed by atoms with Crippen LogP contribution in [0.3, 0.4) is 0 Å². The highest BCUT2D eigenvalue weighted by Gasteiger charge is 2.58. The van der Waals surface area contributed by atoms with Gasteiger partial charge in [0.05, 0.1) is 81.9 Å². The summed E-state index contributed by atoms with van der Waals surface area (Å²) >= 11 is 0. The first-order valence-electron chi connectivity index (χ1n) is 45.0. The Labute approximate surface area is 771 Å². The number of aliphatic hydroxyl groups excluding tert-OH is 9. The number of H-pyrrole nitrogens is 4. The molecule has 4 aromatic heterocycles. The minimum atomic E-state index is -2.21. The highest BCUT2D eigenvalue weighted by molar-refractivity contribution is 5.93. The Kier molecular flexibility index (Phi) is 38.2. The highest BCUT2D eigenvalue weighted by atomic mass is 17.1. The van der Waals surface area contributed by atoms with Gasteiger partial charge in [-0.15, -0.1) is 10.2 Å². The Balaban J connectivity index is 0.733. The minimum Gasteiger partial charge on any atom is -0.479 e. The zero-order valence-corrected chi connectivity index (χ0v) is 74.1. The lowest BCUT2D eigenvalue weighted by atomic mass is 9.80. The van der Waals surface area contributed by atoms with Crippen LogP contribution in [-0.4, -0.2) is 377 Å². The van der Waals surface area contributed by atoms with E-state index in [0.717, 1.165) is 60.0 Å². The number of nitrogens with two attached hydrogens (primary N) is 2. The number of hydrogen-bond donors (Lipinski definition) is 22. The van der Waals surface area contributed by atoms with Crippen molar-refractivity contribution in [2.75, 3.05) is 46.0 Å². The van der Waals surface area contributed by atoms with Crippen molar-refractivity contribution in [3.63, 3.8) is 0 Å². The van der Waals surface area contributed by atoms with Crippen LogP contribution in [0.25, 0.3) is 0 Å². The van der Waals surface area contributed by atoms with Crippen molar-refractivity contribution < 1.29 is 171 Å². The van der Waals surface area contributed by atoms with Crippen molar-refractivity contribution in [3.8, 4) is 0 Å². The van der Waals surface area contributed by atoms with Gasteiger partial charge in [-0.05, 0) is 64.2 Å². The van der Waals surface area contributed by atoms with Gasteiger partial charge in [0, 0.05) is 50.1 Å². The average molecular weight is 1940 g/mol. The number of nitrogens with one attached hydrogen (secondary N) is 8. The molecule has 55 nitrogen and oxygen atoms in total. The summed E-state index contributed by atoms with van der Waals surface area (Å²) in [5, 5.41) is 159. The molecule has 8 fully saturated rings. The second kappa shape index (κ2) is 49.3. The summed E-state index contributed by atoms with van der Waals surface area (Å²) in [6, 6.07) is -1.50. The van der Waals surface area contributed by atoms with Gasteiger partial charge in [0.25, 0.3) is 22.9 Å². The lowest BCUT2D eigenvalue weighted by Crippen LogP contribution is -2.65. The Bertz CT molecular complexity index is 4510. The predicted molar refractivity (Wildman–Crippen MR) is 446 cm³/mol. The molecule has 4 saturated carbocycles. The van der Waals surface area contributed by atoms with Gasteiger partial charge in [0.1, 0.15) is 115 Å². The van der Waals surface area contributed by atoms with Crippen LogP contribution in [0.4, 0.5) is 0 Å². The Morgan fingerprint density at radius 3 is 1.29 bits per heavy atom. The molecule has 0 radical (unpaired) electrons. The van der Waals surface area contributed by atoms with Crippen LogP contribution >= 0.6 is 0 Å². The van der Waals surface area contributed by atoms with E-state index in [1.54, 1.807) is 0 Å². The number of aromatic amines is 4. The fraction of sp³-hybridized carbons (Fsp3) is 0.753. The van der Waals surface area contributed by atoms with Crippen molar-refractivity contribution >= 4 is 47.5 Å². The summed E-state index contributed by atoms with van der Waals surface area (Å²) in [4.78, 5) is 175. The Hall–Kier alpha value is -9.60. The molecule has 0 aromatic carbocycles. The van der Waals surface area contributed by atoms with Crippen molar-refractivity contribution in [2.24, 2.45) is 35.1 Å². The first-order chi connectivity index (χ1) is 65.1. The Morgan fingerprint density at radius 1 is 0.493 bits per heavy atom. The first kappa shape index (κ1) is 105. The van der Waals surface area contributed by atoms with Crippen LogP contribution in [0.1, 0.15) is 149 Å². The standard InChI is InChI=1S/C81H120N16O39/c1-34-55(103)58(106)60(108)75(124-34)133-63-42(86-71(113)44-25-51(99)90-80(119)88-44)21-38(69(111)84-15-13-82)23-46(63)128-78-67(65(57(105)50(31-98)130-78)126-48(73(115)116)19-36-9-5-3-6-10-36)131-53(101)29-96-27-40(92-94-96)32-122-17-18-123-33-41-28-97(95-93-41)30-54(102)132-68-66(127-49(74(117)118)20-37-11-7-4-8-12-37)62(110)77(136-121)135-79(68)129-47-24-39(70(112)85-16-14-83)22-43(87-72(114)45-26-52(100)91-81(120)89-45)64(47)134-76-61(109)59(107)56(104)35(2)125-76/h25-28,34-39,42-43,46-50,55-68,75-79,98,103-110,121H,3-24,29-33,82-83H2,1-2H3,(H,84,111)(H,85,112)(H,86,113)(H,87,114)(H,115,116)(H,117,118)(H2,88,90,99,119)(H2,89,91,100,120)/t34-,35-,38+,39+,42-,43-,46+,47+,48-,49-,50+,55+,56+,57-,58+,59+,60-,61-,62+,63+,64+,65-,66-,67+,68+,75-,76-,77+,78+,79+/m0/s1. The molecule has 4 aliphatic carbocycles. The van der Waals surface area contributed by atoms with Crippen molar-refractivity contribution in [1.29, 1.82) is 0 Å². The SMILES string of the molecule is C[C@@H]1O[C@@H](O[C@@H]2[C@@H](NC(=O)c3cc(=O)[nH]c(=O)[nH]3)C[C@@H](C(=O)NCCN)C[C@H]2O[C@@H]2O[C@H](CO)[C@H](O)[C@H](O[C@@H](CC3CCCCC3)C(=O)O)[C@H]2OC(=O)Cn2cc(COCCOCc3cn(CC(=O)O[C@H]4[C@H](O[C@@H]5C[C@H](C(=O)NCCN)C[C@H](NC(=O)c6cc(=O)[nH]c(=O)[nH]6)[C@H]5O[C@@H]5O[C@@H](C)[C@@H](O)[C@@H](O)[C@@H]5O)O[C@H](OO)[C@H](O)[C@@H]4O[C@@H](CC4CCCCC4)C(=O)O)nn3)nn2)[C@@H](O)[C@H](O)[C@@H]1O. The third kappa shape index (κ3) is 27.7. The van der Waals surface area contributed by atoms with E-state index in [1.165, 1.54) is 26.2 Å².